The first kappa shape index (κ1) is 11.3. The van der Waals surface area contributed by atoms with E-state index in [1.807, 2.05) is 0 Å². The molecular weight excluding hydrogens is 200 g/mol. The van der Waals surface area contributed by atoms with Gasteiger partial charge >= 0.3 is 5.69 Å². The average Bonchev–Trinajstić information content (AvgIpc) is 2.15. The van der Waals surface area contributed by atoms with Gasteiger partial charge in [0.15, 0.2) is 0 Å². The van der Waals surface area contributed by atoms with Crippen LogP contribution in [0.3, 0.4) is 0 Å². The Morgan fingerprint density at radius 1 is 1.53 bits per heavy atom. The molecule has 7 nitrogen and oxygen atoms in total. The summed E-state index contributed by atoms with van der Waals surface area (Å²) in [6.45, 7) is 0.170. The van der Waals surface area contributed by atoms with Gasteiger partial charge in [-0.3, -0.25) is 14.3 Å². The minimum Gasteiger partial charge on any atom is -0.395 e. The highest BCUT2D eigenvalue weighted by Gasteiger charge is 2.13. The van der Waals surface area contributed by atoms with Crippen LogP contribution in [0.25, 0.3) is 0 Å². The predicted molar refractivity (Wildman–Crippen MR) is 57.1 cm³/mol. The van der Waals surface area contributed by atoms with Crippen LogP contribution in [0.4, 0.5) is 11.5 Å². The van der Waals surface area contributed by atoms with E-state index in [0.717, 1.165) is 4.57 Å². The van der Waals surface area contributed by atoms with Gasteiger partial charge in [0.25, 0.3) is 5.56 Å². The number of aliphatic hydroxyl groups excluding tert-OH is 1. The van der Waals surface area contributed by atoms with Crippen LogP contribution >= 0.6 is 0 Å². The van der Waals surface area contributed by atoms with Crippen molar-refractivity contribution in [1.82, 2.24) is 9.55 Å². The van der Waals surface area contributed by atoms with E-state index in [9.17, 15) is 9.59 Å². The second kappa shape index (κ2) is 4.18. The van der Waals surface area contributed by atoms with Crippen molar-refractivity contribution in [3.05, 3.63) is 20.8 Å². The van der Waals surface area contributed by atoms with Crippen molar-refractivity contribution in [3.8, 4) is 0 Å². The lowest BCUT2D eigenvalue weighted by atomic mass is 10.4. The van der Waals surface area contributed by atoms with Crippen LogP contribution in [-0.2, 0) is 7.05 Å². The van der Waals surface area contributed by atoms with Crippen LogP contribution in [0.2, 0.25) is 0 Å². The summed E-state index contributed by atoms with van der Waals surface area (Å²) in [6, 6.07) is 0. The van der Waals surface area contributed by atoms with Crippen molar-refractivity contribution in [2.24, 2.45) is 7.05 Å². The molecule has 1 aromatic heterocycles. The first-order chi connectivity index (χ1) is 6.99. The zero-order valence-corrected chi connectivity index (χ0v) is 8.65. The Morgan fingerprint density at radius 3 is 2.67 bits per heavy atom. The van der Waals surface area contributed by atoms with E-state index in [2.05, 4.69) is 4.98 Å². The topological polar surface area (TPSA) is 104 Å². The second-order valence-corrected chi connectivity index (χ2v) is 3.20. The molecule has 0 bridgehead atoms. The van der Waals surface area contributed by atoms with Gasteiger partial charge in [-0.1, -0.05) is 0 Å². The molecule has 0 fully saturated rings. The number of aliphatic hydroxyl groups is 1. The second-order valence-electron chi connectivity index (χ2n) is 3.20. The number of H-pyrrole nitrogens is 1. The summed E-state index contributed by atoms with van der Waals surface area (Å²) in [5.74, 6) is 0.0831. The number of nitrogens with two attached hydrogens (primary N) is 1. The Labute approximate surface area is 85.8 Å². The molecule has 0 saturated carbocycles. The molecule has 0 amide bonds. The summed E-state index contributed by atoms with van der Waals surface area (Å²) < 4.78 is 1.14. The Hall–Kier alpha value is -1.76. The van der Waals surface area contributed by atoms with Gasteiger partial charge in [0.2, 0.25) is 0 Å². The monoisotopic (exact) mass is 214 g/mol. The number of aromatic amines is 1. The molecule has 0 aliphatic rings. The van der Waals surface area contributed by atoms with Gasteiger partial charge in [-0.05, 0) is 0 Å². The summed E-state index contributed by atoms with van der Waals surface area (Å²) >= 11 is 0. The number of aromatic nitrogens is 2. The molecule has 7 heteroatoms. The number of anilines is 2. The molecule has 84 valence electrons. The SMILES string of the molecule is CN(CCO)c1c(N)n(C)c(=O)[nH]c1=O. The third kappa shape index (κ3) is 2.01. The van der Waals surface area contributed by atoms with Gasteiger partial charge in [-0.25, -0.2) is 4.79 Å². The number of hydrogen-bond acceptors (Lipinski definition) is 5. The zero-order chi connectivity index (χ0) is 11.6. The van der Waals surface area contributed by atoms with Crippen LogP contribution in [0, 0.1) is 0 Å². The fourth-order valence-corrected chi connectivity index (χ4v) is 1.26. The first-order valence-electron chi connectivity index (χ1n) is 4.39. The lowest BCUT2D eigenvalue weighted by molar-refractivity contribution is 0.304. The number of rotatable bonds is 3. The van der Waals surface area contributed by atoms with Gasteiger partial charge < -0.3 is 15.7 Å². The Morgan fingerprint density at radius 2 is 2.13 bits per heavy atom. The normalized spacial score (nSPS) is 10.3. The van der Waals surface area contributed by atoms with Crippen LogP contribution in [0.1, 0.15) is 0 Å². The Balaban J connectivity index is 3.36. The summed E-state index contributed by atoms with van der Waals surface area (Å²) in [6.07, 6.45) is 0. The van der Waals surface area contributed by atoms with E-state index in [4.69, 9.17) is 10.8 Å². The highest BCUT2D eigenvalue weighted by atomic mass is 16.3. The van der Waals surface area contributed by atoms with Crippen LogP contribution in [0.15, 0.2) is 9.59 Å². The molecule has 15 heavy (non-hydrogen) atoms. The molecule has 0 unspecified atom stereocenters. The van der Waals surface area contributed by atoms with Crippen LogP contribution < -0.4 is 21.9 Å². The van der Waals surface area contributed by atoms with Crippen molar-refractivity contribution in [3.63, 3.8) is 0 Å². The van der Waals surface area contributed by atoms with Crippen molar-refractivity contribution in [2.45, 2.75) is 0 Å². The summed E-state index contributed by atoms with van der Waals surface area (Å²) in [7, 11) is 3.07. The molecule has 0 radical (unpaired) electrons. The van der Waals surface area contributed by atoms with E-state index in [1.165, 1.54) is 11.9 Å². The van der Waals surface area contributed by atoms with E-state index < -0.39 is 11.2 Å². The lowest BCUT2D eigenvalue weighted by Crippen LogP contribution is -2.36. The third-order valence-electron chi connectivity index (χ3n) is 2.16. The van der Waals surface area contributed by atoms with Crippen LogP contribution in [0.5, 0.6) is 0 Å². The fourth-order valence-electron chi connectivity index (χ4n) is 1.26. The summed E-state index contributed by atoms with van der Waals surface area (Å²) in [5.41, 5.74) is 4.72. The maximum atomic E-state index is 11.5. The Bertz CT molecular complexity index is 462. The van der Waals surface area contributed by atoms with Gasteiger partial charge in [0.1, 0.15) is 11.5 Å². The molecule has 0 aliphatic carbocycles. The van der Waals surface area contributed by atoms with Crippen molar-refractivity contribution in [2.75, 3.05) is 30.8 Å². The standard InChI is InChI=1S/C8H14N4O3/c1-11(3-4-13)5-6(9)12(2)8(15)10-7(5)14/h13H,3-4,9H2,1-2H3,(H,10,14,15). The maximum absolute atomic E-state index is 11.5. The quantitative estimate of drug-likeness (QED) is 0.544. The highest BCUT2D eigenvalue weighted by molar-refractivity contribution is 5.61. The van der Waals surface area contributed by atoms with Crippen molar-refractivity contribution in [1.29, 1.82) is 0 Å². The van der Waals surface area contributed by atoms with E-state index in [1.54, 1.807) is 7.05 Å². The molecule has 0 atom stereocenters. The van der Waals surface area contributed by atoms with Gasteiger partial charge in [-0.2, -0.15) is 0 Å². The fraction of sp³-hybridized carbons (Fsp3) is 0.500. The Kier molecular flexibility index (Phi) is 3.15. The third-order valence-corrected chi connectivity index (χ3v) is 2.16. The van der Waals surface area contributed by atoms with Gasteiger partial charge in [0.05, 0.1) is 6.61 Å². The molecule has 1 rings (SSSR count). The smallest absolute Gasteiger partial charge is 0.329 e. The van der Waals surface area contributed by atoms with E-state index >= 15 is 0 Å². The molecule has 0 aromatic carbocycles. The summed E-state index contributed by atoms with van der Waals surface area (Å²) in [4.78, 5) is 26.2. The van der Waals surface area contributed by atoms with E-state index in [0.29, 0.717) is 0 Å². The van der Waals surface area contributed by atoms with Crippen molar-refractivity contribution < 1.29 is 5.11 Å². The summed E-state index contributed by atoms with van der Waals surface area (Å²) in [5, 5.41) is 8.74. The minimum absolute atomic E-state index is 0.0831. The van der Waals surface area contributed by atoms with Crippen molar-refractivity contribution >= 4 is 11.5 Å². The predicted octanol–water partition coefficient (Wildman–Crippen LogP) is -1.92. The largest absolute Gasteiger partial charge is 0.395 e. The number of hydrogen-bond donors (Lipinski definition) is 3. The number of likely N-dealkylation sites (N-methyl/N-ethyl adjacent to an activating group) is 1. The lowest BCUT2D eigenvalue weighted by Gasteiger charge is -2.19. The number of nitrogen functional groups attached to an aromatic ring is 1. The first-order valence-corrected chi connectivity index (χ1v) is 4.39. The number of nitrogens with zero attached hydrogens (tertiary/aromatic N) is 2. The molecule has 1 heterocycles. The van der Waals surface area contributed by atoms with Gasteiger partial charge in [0, 0.05) is 20.6 Å². The molecule has 1 aromatic rings. The minimum atomic E-state index is -0.557. The van der Waals surface area contributed by atoms with Gasteiger partial charge in [-0.15, -0.1) is 0 Å². The average molecular weight is 214 g/mol. The maximum Gasteiger partial charge on any atom is 0.329 e. The van der Waals surface area contributed by atoms with E-state index in [-0.39, 0.29) is 24.7 Å². The highest BCUT2D eigenvalue weighted by Crippen LogP contribution is 2.12. The molecule has 0 spiro atoms. The molecule has 0 aliphatic heterocycles. The molecule has 0 saturated heterocycles. The number of nitrogens with one attached hydrogen (secondary N) is 1. The zero-order valence-electron chi connectivity index (χ0n) is 8.65. The molecule has 4 N–H and O–H groups in total. The van der Waals surface area contributed by atoms with Crippen LogP contribution in [-0.4, -0.2) is 34.9 Å². The molecular formula is C8H14N4O3.